The molecule has 16 heavy (non-hydrogen) atoms. The second-order valence-corrected chi connectivity index (χ2v) is 5.40. The normalized spacial score (nSPS) is 12.1. The van der Waals surface area contributed by atoms with Crippen LogP contribution in [0, 0.1) is 6.92 Å². The fraction of sp³-hybridized carbons (Fsp3) is 0.385. The molecule has 2 nitrogen and oxygen atoms in total. The minimum Gasteiger partial charge on any atom is -0.222 e. The van der Waals surface area contributed by atoms with E-state index in [1.54, 1.807) is 0 Å². The molecule has 2 rings (SSSR count). The van der Waals surface area contributed by atoms with Crippen LogP contribution in [0.2, 0.25) is 5.28 Å². The van der Waals surface area contributed by atoms with E-state index in [4.69, 9.17) is 11.6 Å². The van der Waals surface area contributed by atoms with Crippen molar-refractivity contribution < 1.29 is 0 Å². The maximum atomic E-state index is 5.98. The molecule has 0 radical (unpaired) electrons. The smallest absolute Gasteiger partial charge is 0.222 e. The van der Waals surface area contributed by atoms with E-state index in [1.165, 1.54) is 0 Å². The lowest BCUT2D eigenvalue weighted by atomic mass is 9.89. The molecule has 0 aliphatic heterocycles. The average Bonchev–Trinajstić information content (AvgIpc) is 2.17. The Balaban J connectivity index is 2.89. The number of hydrogen-bond donors (Lipinski definition) is 0. The minimum atomic E-state index is -0.0291. The van der Waals surface area contributed by atoms with Gasteiger partial charge in [-0.25, -0.2) is 9.97 Å². The number of rotatable bonds is 0. The maximum Gasteiger partial charge on any atom is 0.223 e. The molecule has 0 atom stereocenters. The number of aromatic nitrogens is 2. The van der Waals surface area contributed by atoms with E-state index < -0.39 is 0 Å². The van der Waals surface area contributed by atoms with Gasteiger partial charge in [0.15, 0.2) is 0 Å². The largest absolute Gasteiger partial charge is 0.223 e. The van der Waals surface area contributed by atoms with E-state index in [0.717, 1.165) is 22.2 Å². The molecule has 3 heteroatoms. The molecule has 0 amide bonds. The van der Waals surface area contributed by atoms with Gasteiger partial charge in [0.05, 0.1) is 11.2 Å². The Kier molecular flexibility index (Phi) is 2.62. The third kappa shape index (κ3) is 1.90. The predicted octanol–water partition coefficient (Wildman–Crippen LogP) is 3.89. The number of para-hydroxylation sites is 1. The van der Waals surface area contributed by atoms with Gasteiger partial charge in [-0.05, 0) is 24.1 Å². The SMILES string of the molecule is Cc1cccc2c(C(C)(C)C)nc(Cl)nc12. The van der Waals surface area contributed by atoms with Gasteiger partial charge < -0.3 is 0 Å². The second-order valence-electron chi connectivity index (χ2n) is 5.06. The average molecular weight is 235 g/mol. The molecule has 1 heterocycles. The van der Waals surface area contributed by atoms with Crippen molar-refractivity contribution >= 4 is 22.5 Å². The lowest BCUT2D eigenvalue weighted by molar-refractivity contribution is 0.574. The van der Waals surface area contributed by atoms with Crippen molar-refractivity contribution in [2.45, 2.75) is 33.1 Å². The molecular weight excluding hydrogens is 220 g/mol. The van der Waals surface area contributed by atoms with Crippen LogP contribution in [0.15, 0.2) is 18.2 Å². The Morgan fingerprint density at radius 1 is 1.12 bits per heavy atom. The first-order valence-corrected chi connectivity index (χ1v) is 5.71. The summed E-state index contributed by atoms with van der Waals surface area (Å²) in [5.74, 6) is 0. The monoisotopic (exact) mass is 234 g/mol. The third-order valence-electron chi connectivity index (χ3n) is 2.61. The van der Waals surface area contributed by atoms with E-state index in [1.807, 2.05) is 19.1 Å². The topological polar surface area (TPSA) is 25.8 Å². The highest BCUT2D eigenvalue weighted by molar-refractivity contribution is 6.28. The Labute approximate surface area is 101 Å². The van der Waals surface area contributed by atoms with Crippen LogP contribution in [0.1, 0.15) is 32.0 Å². The number of aryl methyl sites for hydroxylation is 1. The number of benzene rings is 1. The quantitative estimate of drug-likeness (QED) is 0.647. The number of nitrogens with zero attached hydrogens (tertiary/aromatic N) is 2. The van der Waals surface area contributed by atoms with Gasteiger partial charge in [0, 0.05) is 10.8 Å². The Bertz CT molecular complexity index is 541. The number of fused-ring (bicyclic) bond motifs is 1. The molecule has 1 aromatic carbocycles. The third-order valence-corrected chi connectivity index (χ3v) is 2.78. The molecule has 0 bridgehead atoms. The molecule has 84 valence electrons. The lowest BCUT2D eigenvalue weighted by Crippen LogP contribution is -2.15. The van der Waals surface area contributed by atoms with E-state index in [-0.39, 0.29) is 5.41 Å². The summed E-state index contributed by atoms with van der Waals surface area (Å²) in [7, 11) is 0. The molecule has 0 saturated heterocycles. The van der Waals surface area contributed by atoms with E-state index in [0.29, 0.717) is 5.28 Å². The van der Waals surface area contributed by atoms with Crippen molar-refractivity contribution in [2.24, 2.45) is 0 Å². The van der Waals surface area contributed by atoms with Gasteiger partial charge in [-0.3, -0.25) is 0 Å². The Morgan fingerprint density at radius 2 is 1.81 bits per heavy atom. The molecule has 0 aliphatic carbocycles. The van der Waals surface area contributed by atoms with Gasteiger partial charge in [0.25, 0.3) is 0 Å². The molecule has 0 saturated carbocycles. The summed E-state index contributed by atoms with van der Waals surface area (Å²) in [6.45, 7) is 8.44. The van der Waals surface area contributed by atoms with Crippen LogP contribution >= 0.6 is 11.6 Å². The standard InChI is InChI=1S/C13H15ClN2/c1-8-6-5-7-9-10(8)15-12(14)16-11(9)13(2,3)4/h5-7H,1-4H3. The molecule has 0 unspecified atom stereocenters. The van der Waals surface area contributed by atoms with Gasteiger partial charge in [-0.15, -0.1) is 0 Å². The van der Waals surface area contributed by atoms with Crippen LogP contribution in [0.4, 0.5) is 0 Å². The van der Waals surface area contributed by atoms with E-state index in [2.05, 4.69) is 36.8 Å². The first-order chi connectivity index (χ1) is 7.39. The zero-order valence-electron chi connectivity index (χ0n) is 10.0. The zero-order valence-corrected chi connectivity index (χ0v) is 10.8. The van der Waals surface area contributed by atoms with Crippen LogP contribution < -0.4 is 0 Å². The summed E-state index contributed by atoms with van der Waals surface area (Å²) in [4.78, 5) is 8.67. The van der Waals surface area contributed by atoms with Gasteiger partial charge >= 0.3 is 0 Å². The van der Waals surface area contributed by atoms with Gasteiger partial charge in [-0.1, -0.05) is 39.0 Å². The van der Waals surface area contributed by atoms with Crippen molar-refractivity contribution in [3.05, 3.63) is 34.7 Å². The van der Waals surface area contributed by atoms with Crippen LogP contribution in [0.5, 0.6) is 0 Å². The number of hydrogen-bond acceptors (Lipinski definition) is 2. The van der Waals surface area contributed by atoms with Crippen LogP contribution in [0.3, 0.4) is 0 Å². The molecule has 1 aromatic heterocycles. The highest BCUT2D eigenvalue weighted by Crippen LogP contribution is 2.29. The fourth-order valence-corrected chi connectivity index (χ4v) is 2.01. The maximum absolute atomic E-state index is 5.98. The summed E-state index contributed by atoms with van der Waals surface area (Å²) < 4.78 is 0. The molecule has 0 N–H and O–H groups in total. The van der Waals surface area contributed by atoms with Crippen molar-refractivity contribution in [3.8, 4) is 0 Å². The Morgan fingerprint density at radius 3 is 2.44 bits per heavy atom. The summed E-state index contributed by atoms with van der Waals surface area (Å²) in [5.41, 5.74) is 3.06. The van der Waals surface area contributed by atoms with Crippen molar-refractivity contribution in [3.63, 3.8) is 0 Å². The van der Waals surface area contributed by atoms with E-state index in [9.17, 15) is 0 Å². The summed E-state index contributed by atoms with van der Waals surface area (Å²) >= 11 is 5.98. The lowest BCUT2D eigenvalue weighted by Gasteiger charge is -2.20. The van der Waals surface area contributed by atoms with Gasteiger partial charge in [0.2, 0.25) is 5.28 Å². The molecule has 0 spiro atoms. The summed E-state index contributed by atoms with van der Waals surface area (Å²) in [6, 6.07) is 6.13. The number of halogens is 1. The van der Waals surface area contributed by atoms with Gasteiger partial charge in [0.1, 0.15) is 0 Å². The minimum absolute atomic E-state index is 0.0291. The molecule has 0 aliphatic rings. The summed E-state index contributed by atoms with van der Waals surface area (Å²) in [5, 5.41) is 1.42. The van der Waals surface area contributed by atoms with Gasteiger partial charge in [-0.2, -0.15) is 0 Å². The van der Waals surface area contributed by atoms with Crippen LogP contribution in [0.25, 0.3) is 10.9 Å². The summed E-state index contributed by atoms with van der Waals surface area (Å²) in [6.07, 6.45) is 0. The predicted molar refractivity (Wildman–Crippen MR) is 68.0 cm³/mol. The second kappa shape index (κ2) is 3.70. The Hall–Kier alpha value is -1.15. The van der Waals surface area contributed by atoms with Crippen LogP contribution in [-0.4, -0.2) is 9.97 Å². The zero-order chi connectivity index (χ0) is 11.9. The first-order valence-electron chi connectivity index (χ1n) is 5.33. The van der Waals surface area contributed by atoms with Crippen molar-refractivity contribution in [2.75, 3.05) is 0 Å². The first kappa shape index (κ1) is 11.3. The molecular formula is C13H15ClN2. The van der Waals surface area contributed by atoms with E-state index >= 15 is 0 Å². The van der Waals surface area contributed by atoms with Crippen LogP contribution in [-0.2, 0) is 5.41 Å². The molecule has 0 fully saturated rings. The fourth-order valence-electron chi connectivity index (χ4n) is 1.84. The highest BCUT2D eigenvalue weighted by Gasteiger charge is 2.20. The van der Waals surface area contributed by atoms with Crippen molar-refractivity contribution in [1.82, 2.24) is 9.97 Å². The molecule has 2 aromatic rings. The van der Waals surface area contributed by atoms with Crippen molar-refractivity contribution in [1.29, 1.82) is 0 Å². The highest BCUT2D eigenvalue weighted by atomic mass is 35.5.